The van der Waals surface area contributed by atoms with Gasteiger partial charge in [-0.2, -0.15) is 4.31 Å². The summed E-state index contributed by atoms with van der Waals surface area (Å²) in [4.78, 5) is 0.163. The van der Waals surface area contributed by atoms with Gasteiger partial charge in [0, 0.05) is 24.1 Å². The quantitative estimate of drug-likeness (QED) is 0.837. The van der Waals surface area contributed by atoms with Crippen molar-refractivity contribution >= 4 is 26.0 Å². The maximum Gasteiger partial charge on any atom is 0.246 e. The Balaban J connectivity index is 2.41. The highest BCUT2D eigenvalue weighted by molar-refractivity contribution is 9.10. The van der Waals surface area contributed by atoms with Crippen LogP contribution in [0.4, 0.5) is 0 Å². The maximum atomic E-state index is 12.8. The number of nitrogens with zero attached hydrogens (tertiary/aromatic N) is 1. The monoisotopic (exact) mass is 362 g/mol. The molecule has 0 amide bonds. The number of sulfonamides is 1. The lowest BCUT2D eigenvalue weighted by atomic mass is 10.2. The van der Waals surface area contributed by atoms with E-state index >= 15 is 0 Å². The van der Waals surface area contributed by atoms with Crippen LogP contribution in [0.1, 0.15) is 12.8 Å². The fraction of sp³-hybridized carbons (Fsp3) is 0.538. The second-order valence-electron chi connectivity index (χ2n) is 4.96. The molecule has 1 aromatic rings. The first-order chi connectivity index (χ1) is 9.41. The van der Waals surface area contributed by atoms with Crippen molar-refractivity contribution in [1.82, 2.24) is 4.31 Å². The second-order valence-corrected chi connectivity index (χ2v) is 7.84. The Bertz CT molecular complexity index is 587. The minimum absolute atomic E-state index is 0.149. The number of hydrogen-bond donors (Lipinski definition) is 1. The van der Waals surface area contributed by atoms with Crippen molar-refractivity contribution in [3.63, 3.8) is 0 Å². The molecule has 0 spiro atoms. The number of hydrogen-bond acceptors (Lipinski definition) is 4. The van der Waals surface area contributed by atoms with Crippen LogP contribution in [0.2, 0.25) is 0 Å². The molecule has 1 saturated carbocycles. The minimum atomic E-state index is -3.62. The van der Waals surface area contributed by atoms with Crippen molar-refractivity contribution in [3.8, 4) is 5.75 Å². The standard InChI is InChI=1S/C13H19BrN2O3S/c1-16(11(8-15)9-3-4-9)20(17,18)13-7-10(14)5-6-12(13)19-2/h5-7,9,11H,3-4,8,15H2,1-2H3. The molecule has 1 unspecified atom stereocenters. The predicted octanol–water partition coefficient (Wildman–Crippen LogP) is 1.82. The van der Waals surface area contributed by atoms with Gasteiger partial charge in [-0.3, -0.25) is 0 Å². The summed E-state index contributed by atoms with van der Waals surface area (Å²) >= 11 is 3.30. The third kappa shape index (κ3) is 3.00. The Hall–Kier alpha value is -0.630. The number of rotatable bonds is 6. The van der Waals surface area contributed by atoms with Crippen LogP contribution in [-0.4, -0.2) is 39.5 Å². The van der Waals surface area contributed by atoms with Crippen LogP contribution in [0, 0.1) is 5.92 Å². The van der Waals surface area contributed by atoms with E-state index in [4.69, 9.17) is 10.5 Å². The zero-order valence-corrected chi connectivity index (χ0v) is 13.9. The average Bonchev–Trinajstić information content (AvgIpc) is 3.24. The number of benzene rings is 1. The van der Waals surface area contributed by atoms with E-state index in [0.29, 0.717) is 22.7 Å². The molecule has 20 heavy (non-hydrogen) atoms. The Labute approximate surface area is 128 Å². The topological polar surface area (TPSA) is 72.6 Å². The zero-order chi connectivity index (χ0) is 14.9. The molecule has 2 rings (SSSR count). The summed E-state index contributed by atoms with van der Waals surface area (Å²) in [5.41, 5.74) is 5.74. The smallest absolute Gasteiger partial charge is 0.246 e. The number of halogens is 1. The Kier molecular flexibility index (Phi) is 4.73. The van der Waals surface area contributed by atoms with Gasteiger partial charge in [-0.05, 0) is 37.0 Å². The summed E-state index contributed by atoms with van der Waals surface area (Å²) in [6.45, 7) is 0.330. The Morgan fingerprint density at radius 3 is 2.65 bits per heavy atom. The van der Waals surface area contributed by atoms with Crippen LogP contribution < -0.4 is 10.5 Å². The van der Waals surface area contributed by atoms with E-state index in [9.17, 15) is 8.42 Å². The molecule has 0 radical (unpaired) electrons. The molecule has 5 nitrogen and oxygen atoms in total. The van der Waals surface area contributed by atoms with Gasteiger partial charge in [-0.15, -0.1) is 0 Å². The summed E-state index contributed by atoms with van der Waals surface area (Å²) in [6, 6.07) is 4.80. The van der Waals surface area contributed by atoms with Crippen LogP contribution in [0.15, 0.2) is 27.6 Å². The normalized spacial score (nSPS) is 17.2. The van der Waals surface area contributed by atoms with Crippen LogP contribution in [0.5, 0.6) is 5.75 Å². The van der Waals surface area contributed by atoms with E-state index in [0.717, 1.165) is 12.8 Å². The van der Waals surface area contributed by atoms with Gasteiger partial charge in [-0.1, -0.05) is 15.9 Å². The van der Waals surface area contributed by atoms with Crippen molar-refractivity contribution in [3.05, 3.63) is 22.7 Å². The summed E-state index contributed by atoms with van der Waals surface area (Å²) in [7, 11) is -0.572. The number of nitrogens with two attached hydrogens (primary N) is 1. The van der Waals surface area contributed by atoms with E-state index in [1.54, 1.807) is 25.2 Å². The molecule has 1 aliphatic carbocycles. The number of ether oxygens (including phenoxy) is 1. The van der Waals surface area contributed by atoms with Gasteiger partial charge in [0.2, 0.25) is 10.0 Å². The molecule has 0 aromatic heterocycles. The van der Waals surface area contributed by atoms with E-state index in [1.165, 1.54) is 11.4 Å². The van der Waals surface area contributed by atoms with Crippen LogP contribution in [0.25, 0.3) is 0 Å². The molecular formula is C13H19BrN2O3S. The Morgan fingerprint density at radius 2 is 2.15 bits per heavy atom. The van der Waals surface area contributed by atoms with E-state index < -0.39 is 10.0 Å². The summed E-state index contributed by atoms with van der Waals surface area (Å²) in [5, 5.41) is 0. The van der Waals surface area contributed by atoms with Gasteiger partial charge >= 0.3 is 0 Å². The molecule has 0 aliphatic heterocycles. The molecule has 1 aromatic carbocycles. The summed E-state index contributed by atoms with van der Waals surface area (Å²) in [5.74, 6) is 0.713. The lowest BCUT2D eigenvalue weighted by molar-refractivity contribution is 0.337. The molecule has 7 heteroatoms. The fourth-order valence-electron chi connectivity index (χ4n) is 2.30. The largest absolute Gasteiger partial charge is 0.495 e. The molecule has 1 atom stereocenters. The third-order valence-electron chi connectivity index (χ3n) is 3.66. The van der Waals surface area contributed by atoms with Crippen molar-refractivity contribution < 1.29 is 13.2 Å². The van der Waals surface area contributed by atoms with Gasteiger partial charge in [0.25, 0.3) is 0 Å². The fourth-order valence-corrected chi connectivity index (χ4v) is 4.42. The molecule has 0 saturated heterocycles. The molecule has 1 aliphatic rings. The van der Waals surface area contributed by atoms with Crippen LogP contribution >= 0.6 is 15.9 Å². The molecular weight excluding hydrogens is 344 g/mol. The summed E-state index contributed by atoms with van der Waals surface area (Å²) < 4.78 is 32.8. The highest BCUT2D eigenvalue weighted by Gasteiger charge is 2.39. The van der Waals surface area contributed by atoms with Gasteiger partial charge in [-0.25, -0.2) is 8.42 Å². The minimum Gasteiger partial charge on any atom is -0.495 e. The zero-order valence-electron chi connectivity index (χ0n) is 11.5. The van der Waals surface area contributed by atoms with Gasteiger partial charge in [0.05, 0.1) is 7.11 Å². The molecule has 0 heterocycles. The second kappa shape index (κ2) is 6.01. The molecule has 2 N–H and O–H groups in total. The van der Waals surface area contributed by atoms with Crippen molar-refractivity contribution in [2.45, 2.75) is 23.8 Å². The van der Waals surface area contributed by atoms with Crippen LogP contribution in [-0.2, 0) is 10.0 Å². The number of methoxy groups -OCH3 is 1. The third-order valence-corrected chi connectivity index (χ3v) is 6.05. The lowest BCUT2D eigenvalue weighted by Gasteiger charge is -2.27. The van der Waals surface area contributed by atoms with Crippen molar-refractivity contribution in [2.75, 3.05) is 20.7 Å². The summed E-state index contributed by atoms with van der Waals surface area (Å²) in [6.07, 6.45) is 2.08. The first-order valence-corrected chi connectivity index (χ1v) is 8.66. The molecule has 112 valence electrons. The maximum absolute atomic E-state index is 12.8. The van der Waals surface area contributed by atoms with Gasteiger partial charge in [0.15, 0.2) is 0 Å². The van der Waals surface area contributed by atoms with Crippen molar-refractivity contribution in [2.24, 2.45) is 11.7 Å². The molecule has 0 bridgehead atoms. The first-order valence-electron chi connectivity index (χ1n) is 6.43. The lowest BCUT2D eigenvalue weighted by Crippen LogP contribution is -2.43. The highest BCUT2D eigenvalue weighted by Crippen LogP contribution is 2.37. The SMILES string of the molecule is COc1ccc(Br)cc1S(=O)(=O)N(C)C(CN)C1CC1. The van der Waals surface area contributed by atoms with E-state index in [2.05, 4.69) is 15.9 Å². The van der Waals surface area contributed by atoms with E-state index in [-0.39, 0.29) is 10.9 Å². The van der Waals surface area contributed by atoms with E-state index in [1.807, 2.05) is 0 Å². The number of likely N-dealkylation sites (N-methyl/N-ethyl adjacent to an activating group) is 1. The average molecular weight is 363 g/mol. The molecule has 1 fully saturated rings. The predicted molar refractivity (Wildman–Crippen MR) is 81.2 cm³/mol. The van der Waals surface area contributed by atoms with Gasteiger partial charge in [0.1, 0.15) is 10.6 Å². The first kappa shape index (κ1) is 15.8. The van der Waals surface area contributed by atoms with Crippen LogP contribution in [0.3, 0.4) is 0 Å². The van der Waals surface area contributed by atoms with Gasteiger partial charge < -0.3 is 10.5 Å². The Morgan fingerprint density at radius 1 is 1.50 bits per heavy atom. The van der Waals surface area contributed by atoms with Crippen molar-refractivity contribution in [1.29, 1.82) is 0 Å². The highest BCUT2D eigenvalue weighted by atomic mass is 79.9.